The molecule has 0 unspecified atom stereocenters. The molecule has 0 saturated carbocycles. The van der Waals surface area contributed by atoms with Crippen LogP contribution in [0, 0.1) is 6.92 Å². The zero-order valence-electron chi connectivity index (χ0n) is 16.9. The lowest BCUT2D eigenvalue weighted by molar-refractivity contribution is -0.147. The summed E-state index contributed by atoms with van der Waals surface area (Å²) in [4.78, 5) is 24.0. The Morgan fingerprint density at radius 3 is 2.40 bits per heavy atom. The molecule has 0 spiro atoms. The predicted molar refractivity (Wildman–Crippen MR) is 115 cm³/mol. The largest absolute Gasteiger partial charge is 0.495 e. The molecule has 0 aliphatic rings. The second-order valence-electron chi connectivity index (χ2n) is 6.26. The van der Waals surface area contributed by atoms with Crippen LogP contribution in [0.3, 0.4) is 0 Å². The lowest BCUT2D eigenvalue weighted by Gasteiger charge is -2.13. The Bertz CT molecular complexity index is 903. The Morgan fingerprint density at radius 2 is 1.73 bits per heavy atom. The van der Waals surface area contributed by atoms with Crippen LogP contribution >= 0.6 is 23.2 Å². The average Bonchev–Trinajstić information content (AvgIpc) is 2.71. The van der Waals surface area contributed by atoms with Crippen molar-refractivity contribution >= 4 is 40.8 Å². The standard InChI is InChI=1S/C21H23Cl2NO6/c1-13-9-14(22)6-7-17(13)29-8-4-5-21(26)30-12-20(25)24-16-11-18(27-2)15(23)10-19(16)28-3/h6-7,9-11H,4-5,8,12H2,1-3H3,(H,24,25). The smallest absolute Gasteiger partial charge is 0.306 e. The van der Waals surface area contributed by atoms with Crippen LogP contribution in [0.15, 0.2) is 30.3 Å². The molecule has 1 amide bonds. The molecule has 2 rings (SSSR count). The Hall–Kier alpha value is -2.64. The van der Waals surface area contributed by atoms with E-state index in [1.54, 1.807) is 18.2 Å². The number of hydrogen-bond donors (Lipinski definition) is 1. The zero-order chi connectivity index (χ0) is 22.1. The summed E-state index contributed by atoms with van der Waals surface area (Å²) in [5, 5.41) is 3.58. The number of rotatable bonds is 10. The van der Waals surface area contributed by atoms with Crippen LogP contribution in [0.5, 0.6) is 17.2 Å². The third-order valence-electron chi connectivity index (χ3n) is 4.03. The van der Waals surface area contributed by atoms with Crippen molar-refractivity contribution in [2.45, 2.75) is 19.8 Å². The van der Waals surface area contributed by atoms with E-state index in [4.69, 9.17) is 42.1 Å². The van der Waals surface area contributed by atoms with Crippen molar-refractivity contribution in [3.63, 3.8) is 0 Å². The van der Waals surface area contributed by atoms with E-state index in [0.29, 0.717) is 46.0 Å². The van der Waals surface area contributed by atoms with Crippen molar-refractivity contribution in [2.24, 2.45) is 0 Å². The maximum absolute atomic E-state index is 12.1. The first-order chi connectivity index (χ1) is 14.3. The molecule has 1 N–H and O–H groups in total. The molecule has 0 aliphatic carbocycles. The van der Waals surface area contributed by atoms with Gasteiger partial charge in [0.1, 0.15) is 17.2 Å². The van der Waals surface area contributed by atoms with E-state index >= 15 is 0 Å². The maximum Gasteiger partial charge on any atom is 0.306 e. The molecule has 0 fully saturated rings. The molecule has 9 heteroatoms. The number of carbonyl (C=O) groups excluding carboxylic acids is 2. The molecule has 0 radical (unpaired) electrons. The van der Waals surface area contributed by atoms with Crippen LogP contribution in [0.25, 0.3) is 0 Å². The number of ether oxygens (including phenoxy) is 4. The van der Waals surface area contributed by atoms with Gasteiger partial charge in [0.15, 0.2) is 6.61 Å². The van der Waals surface area contributed by atoms with Gasteiger partial charge in [-0.25, -0.2) is 0 Å². The monoisotopic (exact) mass is 455 g/mol. The number of anilines is 1. The number of hydrogen-bond acceptors (Lipinski definition) is 6. The lowest BCUT2D eigenvalue weighted by atomic mass is 10.2. The van der Waals surface area contributed by atoms with Gasteiger partial charge in [0.05, 0.1) is 31.5 Å². The highest BCUT2D eigenvalue weighted by molar-refractivity contribution is 6.32. The fraction of sp³-hybridized carbons (Fsp3) is 0.333. The van der Waals surface area contributed by atoms with Gasteiger partial charge in [0.25, 0.3) is 5.91 Å². The minimum absolute atomic E-state index is 0.123. The van der Waals surface area contributed by atoms with Gasteiger partial charge in [0.2, 0.25) is 0 Å². The first-order valence-electron chi connectivity index (χ1n) is 9.10. The Kier molecular flexibility index (Phi) is 9.08. The Labute approximate surface area is 185 Å². The minimum Gasteiger partial charge on any atom is -0.495 e. The molecule has 0 aliphatic heterocycles. The highest BCUT2D eigenvalue weighted by atomic mass is 35.5. The molecular weight excluding hydrogens is 433 g/mol. The number of benzene rings is 2. The molecule has 0 atom stereocenters. The van der Waals surface area contributed by atoms with E-state index in [2.05, 4.69) is 5.32 Å². The second-order valence-corrected chi connectivity index (χ2v) is 7.10. The van der Waals surface area contributed by atoms with Gasteiger partial charge in [-0.2, -0.15) is 0 Å². The zero-order valence-corrected chi connectivity index (χ0v) is 18.4. The van der Waals surface area contributed by atoms with Gasteiger partial charge in [-0.1, -0.05) is 23.2 Å². The topological polar surface area (TPSA) is 83.1 Å². The summed E-state index contributed by atoms with van der Waals surface area (Å²) in [7, 11) is 2.90. The highest BCUT2D eigenvalue weighted by Gasteiger charge is 2.14. The summed E-state index contributed by atoms with van der Waals surface area (Å²) in [6.07, 6.45) is 0.572. The highest BCUT2D eigenvalue weighted by Crippen LogP contribution is 2.35. The fourth-order valence-electron chi connectivity index (χ4n) is 2.54. The molecule has 0 heterocycles. The van der Waals surface area contributed by atoms with Crippen LogP contribution < -0.4 is 19.5 Å². The van der Waals surface area contributed by atoms with E-state index in [0.717, 1.165) is 5.56 Å². The Balaban J connectivity index is 1.75. The SMILES string of the molecule is COc1cc(NC(=O)COC(=O)CCCOc2ccc(Cl)cc2C)c(OC)cc1Cl. The minimum atomic E-state index is -0.515. The van der Waals surface area contributed by atoms with E-state index < -0.39 is 18.5 Å². The van der Waals surface area contributed by atoms with Gasteiger partial charge in [-0.3, -0.25) is 9.59 Å². The number of nitrogens with one attached hydrogen (secondary N) is 1. The fourth-order valence-corrected chi connectivity index (χ4v) is 2.99. The van der Waals surface area contributed by atoms with Crippen LogP contribution in [0.4, 0.5) is 5.69 Å². The number of carbonyl (C=O) groups is 2. The average molecular weight is 456 g/mol. The van der Waals surface area contributed by atoms with E-state index in [1.165, 1.54) is 26.4 Å². The predicted octanol–water partition coefficient (Wildman–Crippen LogP) is 4.66. The summed E-state index contributed by atoms with van der Waals surface area (Å²) in [5.74, 6) is 0.427. The molecule has 2 aromatic rings. The first kappa shape index (κ1) is 23.6. The summed E-state index contributed by atoms with van der Waals surface area (Å²) in [5.41, 5.74) is 1.27. The molecular formula is C21H23Cl2NO6. The van der Waals surface area contributed by atoms with Crippen molar-refractivity contribution in [1.29, 1.82) is 0 Å². The van der Waals surface area contributed by atoms with Gasteiger partial charge < -0.3 is 24.3 Å². The molecule has 162 valence electrons. The molecule has 0 aromatic heterocycles. The van der Waals surface area contributed by atoms with Gasteiger partial charge in [-0.15, -0.1) is 0 Å². The van der Waals surface area contributed by atoms with E-state index in [1.807, 2.05) is 6.92 Å². The first-order valence-corrected chi connectivity index (χ1v) is 9.85. The number of esters is 1. The van der Waals surface area contributed by atoms with Crippen molar-refractivity contribution in [2.75, 3.05) is 32.8 Å². The molecule has 30 heavy (non-hydrogen) atoms. The normalized spacial score (nSPS) is 10.3. The van der Waals surface area contributed by atoms with E-state index in [-0.39, 0.29) is 6.42 Å². The molecule has 0 bridgehead atoms. The third kappa shape index (κ3) is 7.00. The van der Waals surface area contributed by atoms with Crippen molar-refractivity contribution in [3.8, 4) is 17.2 Å². The number of methoxy groups -OCH3 is 2. The molecule has 2 aromatic carbocycles. The van der Waals surface area contributed by atoms with Crippen molar-refractivity contribution < 1.29 is 28.5 Å². The van der Waals surface area contributed by atoms with Gasteiger partial charge in [-0.05, 0) is 37.1 Å². The summed E-state index contributed by atoms with van der Waals surface area (Å²) in [6.45, 7) is 1.80. The summed E-state index contributed by atoms with van der Waals surface area (Å²) in [6, 6.07) is 8.36. The lowest BCUT2D eigenvalue weighted by Crippen LogP contribution is -2.21. The number of aryl methyl sites for hydroxylation is 1. The number of halogens is 2. The van der Waals surface area contributed by atoms with Gasteiger partial charge in [0, 0.05) is 23.6 Å². The summed E-state index contributed by atoms with van der Waals surface area (Å²) >= 11 is 11.9. The van der Waals surface area contributed by atoms with Crippen molar-refractivity contribution in [3.05, 3.63) is 45.9 Å². The second kappa shape index (κ2) is 11.5. The van der Waals surface area contributed by atoms with Crippen LogP contribution in [0.2, 0.25) is 10.0 Å². The quantitative estimate of drug-likeness (QED) is 0.414. The Morgan fingerprint density at radius 1 is 1.00 bits per heavy atom. The van der Waals surface area contributed by atoms with Gasteiger partial charge >= 0.3 is 5.97 Å². The summed E-state index contributed by atoms with van der Waals surface area (Å²) < 4.78 is 20.9. The van der Waals surface area contributed by atoms with E-state index in [9.17, 15) is 9.59 Å². The maximum atomic E-state index is 12.1. The van der Waals surface area contributed by atoms with Crippen molar-refractivity contribution in [1.82, 2.24) is 0 Å². The third-order valence-corrected chi connectivity index (χ3v) is 4.56. The van der Waals surface area contributed by atoms with Crippen LogP contribution in [0.1, 0.15) is 18.4 Å². The molecule has 0 saturated heterocycles. The number of amides is 1. The van der Waals surface area contributed by atoms with Crippen LogP contribution in [-0.2, 0) is 14.3 Å². The molecule has 7 nitrogen and oxygen atoms in total. The van der Waals surface area contributed by atoms with Crippen LogP contribution in [-0.4, -0.2) is 39.3 Å².